The van der Waals surface area contributed by atoms with Gasteiger partial charge in [-0.05, 0) is 0 Å². The Morgan fingerprint density at radius 2 is 1.43 bits per heavy atom. The second kappa shape index (κ2) is 4.75. The fourth-order valence-electron chi connectivity index (χ4n) is 0. The number of hydrogen-bond donors (Lipinski definition) is 2. The van der Waals surface area contributed by atoms with Crippen molar-refractivity contribution in [3.63, 3.8) is 0 Å². The van der Waals surface area contributed by atoms with E-state index in [1.165, 1.54) is 0 Å². The molecule has 0 amide bonds. The van der Waals surface area contributed by atoms with E-state index in [0.29, 0.717) is 0 Å². The van der Waals surface area contributed by atoms with Gasteiger partial charge in [0.2, 0.25) is 10.4 Å². The summed E-state index contributed by atoms with van der Waals surface area (Å²) in [5, 5.41) is 0. The second-order valence-electron chi connectivity index (χ2n) is 0.428. The van der Waals surface area contributed by atoms with Crippen LogP contribution < -0.4 is 6.15 Å². The van der Waals surface area contributed by atoms with Crippen LogP contribution in [0.2, 0.25) is 0 Å². The van der Waals surface area contributed by atoms with Crippen LogP contribution in [0.1, 0.15) is 0 Å². The summed E-state index contributed by atoms with van der Waals surface area (Å²) in [6.45, 7) is 0. The minimum Gasteiger partial charge on any atom is -0.726 e. The van der Waals surface area contributed by atoms with E-state index < -0.39 is 10.4 Å². The molecule has 0 aromatic rings. The van der Waals surface area contributed by atoms with Gasteiger partial charge < -0.3 is 10.7 Å². The van der Waals surface area contributed by atoms with Crippen molar-refractivity contribution in [3.05, 3.63) is 0 Å². The summed E-state index contributed by atoms with van der Waals surface area (Å²) >= 11 is 0. The Bertz CT molecular complexity index is 94.9. The molecule has 0 spiro atoms. The molecule has 0 bridgehead atoms. The molecule has 41 valence electrons. The van der Waals surface area contributed by atoms with E-state index in [9.17, 15) is 0 Å². The molecule has 0 aromatic heterocycles. The van der Waals surface area contributed by atoms with Crippen molar-refractivity contribution in [2.45, 2.75) is 0 Å². The maximum Gasteiger partial charge on any atom is 1.00 e. The molecule has 0 saturated carbocycles. The van der Waals surface area contributed by atoms with Crippen molar-refractivity contribution >= 4 is 33.5 Å². The predicted molar refractivity (Wildman–Crippen MR) is 23.1 cm³/mol. The van der Waals surface area contributed by atoms with E-state index in [-0.39, 0.29) is 29.2 Å². The van der Waals surface area contributed by atoms with Crippen molar-refractivity contribution in [2.24, 2.45) is 0 Å². The van der Waals surface area contributed by atoms with Gasteiger partial charge in [0.15, 0.2) is 0 Å². The first-order valence-corrected chi connectivity index (χ1v) is 2.05. The molecule has 5 nitrogen and oxygen atoms in total. The van der Waals surface area contributed by atoms with Crippen molar-refractivity contribution in [1.29, 1.82) is 0 Å². The molecule has 0 atom stereocenters. The van der Waals surface area contributed by atoms with E-state index in [1.807, 2.05) is 0 Å². The molecule has 7 heteroatoms. The van der Waals surface area contributed by atoms with Gasteiger partial charge in [0.25, 0.3) is 0 Å². The molecule has 0 saturated heterocycles. The van der Waals surface area contributed by atoms with E-state index >= 15 is 0 Å². The Morgan fingerprint density at radius 3 is 1.43 bits per heavy atom. The molecule has 0 aliphatic heterocycles. The molecule has 0 fully saturated rings. The van der Waals surface area contributed by atoms with Crippen LogP contribution in [0, 0.1) is 0 Å². The number of rotatable bonds is 0. The number of hydrogen-bond acceptors (Lipinski definition) is 4. The molecular weight excluding hydrogens is 134 g/mol. The quantitative estimate of drug-likeness (QED) is 0.248. The zero-order valence-corrected chi connectivity index (χ0v) is 5.73. The van der Waals surface area contributed by atoms with Crippen molar-refractivity contribution < 1.29 is 17.5 Å². The first kappa shape index (κ1) is 15.6. The van der Waals surface area contributed by atoms with Crippen LogP contribution in [-0.2, 0) is 10.4 Å². The van der Waals surface area contributed by atoms with Crippen molar-refractivity contribution in [3.8, 4) is 0 Å². The second-order valence-corrected chi connectivity index (χ2v) is 1.28. The standard InChI is InChI=1S/Mg.H3N.H2O4S/c;;1-5(2,3)4/h;1H3;(H2,1,2,3,4)/q+1;;/p-1. The van der Waals surface area contributed by atoms with Crippen LogP contribution >= 0.6 is 0 Å². The molecule has 1 radical (unpaired) electrons. The average Bonchev–Trinajstić information content (AvgIpc) is 0.722. The first-order valence-electron chi connectivity index (χ1n) is 0.683. The predicted octanol–water partition coefficient (Wildman–Crippen LogP) is -1.21. The van der Waals surface area contributed by atoms with Crippen LogP contribution in [0.5, 0.6) is 0 Å². The zero-order chi connectivity index (χ0) is 4.50. The molecule has 0 aliphatic carbocycles. The molecule has 4 N–H and O–H groups in total. The Hall–Kier alpha value is 0.596. The topological polar surface area (TPSA) is 112 Å². The molecule has 7 heavy (non-hydrogen) atoms. The van der Waals surface area contributed by atoms with Crippen LogP contribution in [-0.4, -0.2) is 40.6 Å². The van der Waals surface area contributed by atoms with Gasteiger partial charge in [-0.3, -0.25) is 4.55 Å². The smallest absolute Gasteiger partial charge is 0.726 e. The summed E-state index contributed by atoms with van der Waals surface area (Å²) in [6, 6.07) is 0. The van der Waals surface area contributed by atoms with Gasteiger partial charge in [0.1, 0.15) is 0 Å². The summed E-state index contributed by atoms with van der Waals surface area (Å²) < 4.78 is 32.8. The van der Waals surface area contributed by atoms with Crippen LogP contribution in [0.25, 0.3) is 0 Å². The van der Waals surface area contributed by atoms with Crippen LogP contribution in [0.15, 0.2) is 0 Å². The van der Waals surface area contributed by atoms with Gasteiger partial charge in [-0.25, -0.2) is 8.42 Å². The molecule has 0 heterocycles. The normalized spacial score (nSPS) is 8.29. The molecule has 0 aliphatic rings. The fraction of sp³-hybridized carbons (Fsp3) is 0. The summed E-state index contributed by atoms with van der Waals surface area (Å²) in [5.41, 5.74) is 0. The van der Waals surface area contributed by atoms with E-state index in [2.05, 4.69) is 0 Å². The first-order chi connectivity index (χ1) is 2.00. The van der Waals surface area contributed by atoms with Crippen LogP contribution in [0.3, 0.4) is 0 Å². The zero-order valence-electron chi connectivity index (χ0n) is 3.49. The summed E-state index contributed by atoms with van der Waals surface area (Å²) in [5.74, 6) is 0. The minimum atomic E-state index is -4.92. The van der Waals surface area contributed by atoms with Gasteiger partial charge in [-0.15, -0.1) is 0 Å². The Morgan fingerprint density at radius 1 is 1.43 bits per heavy atom. The van der Waals surface area contributed by atoms with Gasteiger partial charge in [0.05, 0.1) is 0 Å². The van der Waals surface area contributed by atoms with E-state index in [1.54, 1.807) is 0 Å². The minimum absolute atomic E-state index is 0. The molecule has 0 aromatic carbocycles. The summed E-state index contributed by atoms with van der Waals surface area (Å²) in [4.78, 5) is 0. The third-order valence-electron chi connectivity index (χ3n) is 0. The van der Waals surface area contributed by atoms with Gasteiger partial charge >= 0.3 is 23.1 Å². The molecule has 0 unspecified atom stereocenters. The van der Waals surface area contributed by atoms with Gasteiger partial charge in [-0.1, -0.05) is 0 Å². The maximum atomic E-state index is 8.63. The average molecular weight is 138 g/mol. The van der Waals surface area contributed by atoms with Crippen molar-refractivity contribution in [1.82, 2.24) is 6.15 Å². The van der Waals surface area contributed by atoms with E-state index in [0.717, 1.165) is 0 Å². The van der Waals surface area contributed by atoms with Crippen LogP contribution in [0.4, 0.5) is 0 Å². The largest absolute Gasteiger partial charge is 1.00 e. The van der Waals surface area contributed by atoms with Gasteiger partial charge in [-0.2, -0.15) is 0 Å². The third-order valence-corrected chi connectivity index (χ3v) is 0. The summed E-state index contributed by atoms with van der Waals surface area (Å²) in [6.07, 6.45) is 0. The summed E-state index contributed by atoms with van der Waals surface area (Å²) in [7, 11) is -4.92. The monoisotopic (exact) mass is 138 g/mol. The van der Waals surface area contributed by atoms with E-state index in [4.69, 9.17) is 17.5 Å². The SMILES string of the molecule is N.O=S(=O)([O-])O.[Mg+]. The Balaban J connectivity index is -0.0000000800. The molecule has 0 rings (SSSR count). The fourth-order valence-corrected chi connectivity index (χ4v) is 0. The Labute approximate surface area is 57.4 Å². The maximum absolute atomic E-state index is 8.63. The molecular formula is H4MgNO4S. The van der Waals surface area contributed by atoms with Gasteiger partial charge in [0, 0.05) is 0 Å². The Kier molecular flexibility index (Phi) is 10.6. The van der Waals surface area contributed by atoms with Crippen molar-refractivity contribution in [2.75, 3.05) is 0 Å². The third kappa shape index (κ3) is 392.